The van der Waals surface area contributed by atoms with Crippen molar-refractivity contribution in [3.05, 3.63) is 71.5 Å². The van der Waals surface area contributed by atoms with Crippen molar-refractivity contribution in [2.75, 3.05) is 33.2 Å². The van der Waals surface area contributed by atoms with Crippen LogP contribution in [0.4, 0.5) is 10.1 Å². The third-order valence-corrected chi connectivity index (χ3v) is 6.10. The van der Waals surface area contributed by atoms with Crippen LogP contribution < -0.4 is 23.7 Å². The van der Waals surface area contributed by atoms with Crippen LogP contribution in [0.5, 0.6) is 23.0 Å². The predicted molar refractivity (Wildman–Crippen MR) is 125 cm³/mol. The van der Waals surface area contributed by atoms with Gasteiger partial charge in [-0.2, -0.15) is 0 Å². The molecule has 174 valence electrons. The third-order valence-electron chi connectivity index (χ3n) is 4.72. The number of halogens is 1. The maximum atomic E-state index is 14.7. The van der Waals surface area contributed by atoms with Gasteiger partial charge in [0.05, 0.1) is 39.0 Å². The fourth-order valence-electron chi connectivity index (χ4n) is 3.19. The van der Waals surface area contributed by atoms with E-state index in [-0.39, 0.29) is 16.3 Å². The lowest BCUT2D eigenvalue weighted by atomic mass is 10.1. The number of benzene rings is 3. The van der Waals surface area contributed by atoms with E-state index in [0.717, 1.165) is 0 Å². The lowest BCUT2D eigenvalue weighted by Gasteiger charge is -2.14. The molecular weight excluding hydrogens is 449 g/mol. The van der Waals surface area contributed by atoms with E-state index in [4.69, 9.17) is 18.9 Å². The lowest BCUT2D eigenvalue weighted by molar-refractivity contribution is 0.324. The summed E-state index contributed by atoms with van der Waals surface area (Å²) in [5.41, 5.74) is 1.09. The maximum absolute atomic E-state index is 14.7. The summed E-state index contributed by atoms with van der Waals surface area (Å²) < 4.78 is 63.6. The summed E-state index contributed by atoms with van der Waals surface area (Å²) in [6, 6.07) is 14.0. The van der Waals surface area contributed by atoms with E-state index in [2.05, 4.69) is 4.72 Å². The summed E-state index contributed by atoms with van der Waals surface area (Å²) in [7, 11) is 1.85. The molecule has 0 amide bonds. The molecule has 0 saturated heterocycles. The molecule has 0 aliphatic heterocycles. The van der Waals surface area contributed by atoms with Crippen molar-refractivity contribution in [2.24, 2.45) is 0 Å². The number of ether oxygens (including phenoxy) is 4. The summed E-state index contributed by atoms with van der Waals surface area (Å²) in [6.45, 7) is 0. The molecule has 0 radical (unpaired) electrons. The standard InChI is InChI=1S/C24H24FNO6S/c1-29-21-14-17(15-22(30-2)24(21)32-4)11-10-16-12-19(25)23(31-3)20(13-16)26-33(27,28)18-8-6-5-7-9-18/h5-15,26H,1-4H3/b11-10-. The Hall–Kier alpha value is -3.72. The number of rotatable bonds is 9. The molecule has 0 spiro atoms. The summed E-state index contributed by atoms with van der Waals surface area (Å²) in [4.78, 5) is 0.0471. The van der Waals surface area contributed by atoms with Crippen molar-refractivity contribution in [1.82, 2.24) is 0 Å². The molecule has 33 heavy (non-hydrogen) atoms. The summed E-state index contributed by atoms with van der Waals surface area (Å²) in [6.07, 6.45) is 3.34. The van der Waals surface area contributed by atoms with Crippen molar-refractivity contribution in [3.63, 3.8) is 0 Å². The van der Waals surface area contributed by atoms with Gasteiger partial charge < -0.3 is 18.9 Å². The highest BCUT2D eigenvalue weighted by Gasteiger charge is 2.19. The first kappa shape index (κ1) is 23.9. The molecule has 7 nitrogen and oxygen atoms in total. The molecule has 3 rings (SSSR count). The van der Waals surface area contributed by atoms with Gasteiger partial charge in [-0.3, -0.25) is 4.72 Å². The number of hydrogen-bond acceptors (Lipinski definition) is 6. The molecule has 0 bridgehead atoms. The topological polar surface area (TPSA) is 83.1 Å². The lowest BCUT2D eigenvalue weighted by Crippen LogP contribution is -2.14. The van der Waals surface area contributed by atoms with Crippen LogP contribution in [0.3, 0.4) is 0 Å². The minimum absolute atomic E-state index is 0.0223. The number of sulfonamides is 1. The largest absolute Gasteiger partial charge is 0.493 e. The van der Waals surface area contributed by atoms with Gasteiger partial charge in [-0.05, 0) is 47.5 Å². The smallest absolute Gasteiger partial charge is 0.262 e. The molecule has 0 unspecified atom stereocenters. The Labute approximate surface area is 192 Å². The van der Waals surface area contributed by atoms with Gasteiger partial charge in [0.1, 0.15) is 0 Å². The van der Waals surface area contributed by atoms with Gasteiger partial charge >= 0.3 is 0 Å². The van der Waals surface area contributed by atoms with Crippen molar-refractivity contribution in [3.8, 4) is 23.0 Å². The van der Waals surface area contributed by atoms with Gasteiger partial charge in [-0.15, -0.1) is 0 Å². The fraction of sp³-hybridized carbons (Fsp3) is 0.167. The van der Waals surface area contributed by atoms with E-state index in [1.165, 1.54) is 52.7 Å². The highest BCUT2D eigenvalue weighted by atomic mass is 32.2. The number of anilines is 1. The molecule has 0 heterocycles. The van der Waals surface area contributed by atoms with E-state index in [1.54, 1.807) is 42.5 Å². The molecule has 9 heteroatoms. The second-order valence-corrected chi connectivity index (χ2v) is 8.48. The highest BCUT2D eigenvalue weighted by Crippen LogP contribution is 2.39. The molecule has 3 aromatic carbocycles. The van der Waals surface area contributed by atoms with E-state index in [0.29, 0.717) is 28.4 Å². The van der Waals surface area contributed by atoms with Crippen LogP contribution in [-0.4, -0.2) is 36.9 Å². The van der Waals surface area contributed by atoms with Gasteiger partial charge in [-0.1, -0.05) is 30.4 Å². The summed E-state index contributed by atoms with van der Waals surface area (Å²) >= 11 is 0. The van der Waals surface area contributed by atoms with Gasteiger partial charge in [0.2, 0.25) is 5.75 Å². The van der Waals surface area contributed by atoms with E-state index < -0.39 is 15.8 Å². The molecule has 3 aromatic rings. The molecule has 0 fully saturated rings. The Morgan fingerprint density at radius 2 is 1.30 bits per heavy atom. The first-order valence-electron chi connectivity index (χ1n) is 9.76. The zero-order valence-corrected chi connectivity index (χ0v) is 19.4. The molecule has 0 aliphatic carbocycles. The van der Waals surface area contributed by atoms with Crippen LogP contribution >= 0.6 is 0 Å². The highest BCUT2D eigenvalue weighted by molar-refractivity contribution is 7.92. The number of methoxy groups -OCH3 is 4. The first-order chi connectivity index (χ1) is 15.8. The van der Waals surface area contributed by atoms with Crippen LogP contribution in [0.15, 0.2) is 59.5 Å². The van der Waals surface area contributed by atoms with Crippen molar-refractivity contribution in [1.29, 1.82) is 0 Å². The monoisotopic (exact) mass is 473 g/mol. The zero-order valence-electron chi connectivity index (χ0n) is 18.6. The van der Waals surface area contributed by atoms with Gasteiger partial charge in [0.15, 0.2) is 23.1 Å². The SMILES string of the molecule is COc1cc(/C=C\c2cc(F)c(OC)c(NS(=O)(=O)c3ccccc3)c2)cc(OC)c1OC. The zero-order chi connectivity index (χ0) is 24.0. The van der Waals surface area contributed by atoms with Gasteiger partial charge in [0, 0.05) is 0 Å². The van der Waals surface area contributed by atoms with Crippen LogP contribution in [0.2, 0.25) is 0 Å². The Bertz CT molecular complexity index is 1230. The quantitative estimate of drug-likeness (QED) is 0.448. The van der Waals surface area contributed by atoms with E-state index >= 15 is 0 Å². The van der Waals surface area contributed by atoms with Gasteiger partial charge in [-0.25, -0.2) is 12.8 Å². The minimum Gasteiger partial charge on any atom is -0.493 e. The van der Waals surface area contributed by atoms with E-state index in [1.807, 2.05) is 0 Å². The Balaban J connectivity index is 1.99. The predicted octanol–water partition coefficient (Wildman–Crippen LogP) is 4.83. The van der Waals surface area contributed by atoms with Crippen LogP contribution in [0.25, 0.3) is 12.2 Å². The van der Waals surface area contributed by atoms with E-state index in [9.17, 15) is 12.8 Å². The minimum atomic E-state index is -3.94. The van der Waals surface area contributed by atoms with Crippen LogP contribution in [0, 0.1) is 5.82 Å². The Morgan fingerprint density at radius 1 is 0.758 bits per heavy atom. The van der Waals surface area contributed by atoms with Crippen LogP contribution in [0.1, 0.15) is 11.1 Å². The van der Waals surface area contributed by atoms with Crippen molar-refractivity contribution in [2.45, 2.75) is 4.90 Å². The van der Waals surface area contributed by atoms with Gasteiger partial charge in [0.25, 0.3) is 10.0 Å². The summed E-state index contributed by atoms with van der Waals surface area (Å²) in [5.74, 6) is 0.461. The Morgan fingerprint density at radius 3 is 1.82 bits per heavy atom. The maximum Gasteiger partial charge on any atom is 0.262 e. The average molecular weight is 474 g/mol. The molecule has 0 saturated carbocycles. The fourth-order valence-corrected chi connectivity index (χ4v) is 4.26. The number of hydrogen-bond donors (Lipinski definition) is 1. The van der Waals surface area contributed by atoms with Crippen molar-refractivity contribution < 1.29 is 31.8 Å². The molecular formula is C24H24FNO6S. The molecule has 0 aliphatic rings. The number of nitrogens with one attached hydrogen (secondary N) is 1. The molecule has 1 N–H and O–H groups in total. The molecule has 0 atom stereocenters. The third kappa shape index (κ3) is 5.38. The Kier molecular flexibility index (Phi) is 7.44. The molecule has 0 aromatic heterocycles. The second kappa shape index (κ2) is 10.3. The first-order valence-corrected chi connectivity index (χ1v) is 11.2. The normalized spacial score (nSPS) is 11.3. The summed E-state index contributed by atoms with van der Waals surface area (Å²) in [5, 5.41) is 0. The average Bonchev–Trinajstić information content (AvgIpc) is 2.82. The van der Waals surface area contributed by atoms with Crippen LogP contribution in [-0.2, 0) is 10.0 Å². The second-order valence-electron chi connectivity index (χ2n) is 6.79. The van der Waals surface area contributed by atoms with Crippen molar-refractivity contribution >= 4 is 27.9 Å².